The summed E-state index contributed by atoms with van der Waals surface area (Å²) in [6.45, 7) is 5.01. The van der Waals surface area contributed by atoms with Gasteiger partial charge in [0.05, 0.1) is 10.1 Å². The number of hydrogen-bond donors (Lipinski definition) is 0. The summed E-state index contributed by atoms with van der Waals surface area (Å²) >= 11 is 8.26. The molecular weight excluding hydrogens is 428 g/mol. The van der Waals surface area contributed by atoms with E-state index in [0.29, 0.717) is 23.3 Å². The van der Waals surface area contributed by atoms with Crippen LogP contribution in [0.1, 0.15) is 11.5 Å². The molecule has 0 aliphatic carbocycles. The van der Waals surface area contributed by atoms with Gasteiger partial charge in [-0.1, -0.05) is 23.4 Å². The minimum absolute atomic E-state index is 0.0230. The molecule has 11 heteroatoms. The average molecular weight is 447 g/mol. The number of aromatic nitrogens is 2. The minimum atomic E-state index is -3.55. The van der Waals surface area contributed by atoms with Gasteiger partial charge in [0.2, 0.25) is 5.91 Å². The fraction of sp³-hybridized carbons (Fsp3) is 0.438. The lowest BCUT2D eigenvalue weighted by atomic mass is 10.3. The summed E-state index contributed by atoms with van der Waals surface area (Å²) in [7, 11) is -3.55. The van der Waals surface area contributed by atoms with E-state index in [9.17, 15) is 13.2 Å². The summed E-state index contributed by atoms with van der Waals surface area (Å²) in [6.07, 6.45) is 0. The van der Waals surface area contributed by atoms with Crippen molar-refractivity contribution in [3.8, 4) is 0 Å². The number of thioether (sulfide) groups is 1. The molecule has 0 saturated carbocycles. The molecule has 0 unspecified atom stereocenters. The van der Waals surface area contributed by atoms with E-state index in [2.05, 4.69) is 9.97 Å². The first kappa shape index (κ1) is 20.5. The highest BCUT2D eigenvalue weighted by Gasteiger charge is 2.31. The Morgan fingerprint density at radius 2 is 1.93 bits per heavy atom. The van der Waals surface area contributed by atoms with Gasteiger partial charge in [-0.05, 0) is 32.0 Å². The van der Waals surface area contributed by atoms with Crippen LogP contribution in [0.3, 0.4) is 0 Å². The third-order valence-corrected chi connectivity index (χ3v) is 8.51. The van der Waals surface area contributed by atoms with Crippen LogP contribution in [0.2, 0.25) is 4.34 Å². The largest absolute Gasteiger partial charge is 0.339 e. The number of hydrogen-bond acceptors (Lipinski definition) is 7. The molecule has 1 aliphatic rings. The standard InChI is InChI=1S/C16H19ClN4O3S3/c1-11-9-14(19-12(2)18-11)25-10-15(22)20-5-7-21(8-6-20)27(23,24)16-4-3-13(17)26-16/h3-4,9H,5-8,10H2,1-2H3. The molecule has 0 bridgehead atoms. The van der Waals surface area contributed by atoms with Crippen molar-refractivity contribution < 1.29 is 13.2 Å². The summed E-state index contributed by atoms with van der Waals surface area (Å²) in [4.78, 5) is 22.7. The smallest absolute Gasteiger partial charge is 0.252 e. The maximum absolute atomic E-state index is 12.6. The molecule has 1 fully saturated rings. The van der Waals surface area contributed by atoms with Gasteiger partial charge in [0, 0.05) is 31.9 Å². The molecule has 27 heavy (non-hydrogen) atoms. The third kappa shape index (κ3) is 5.00. The van der Waals surface area contributed by atoms with Gasteiger partial charge >= 0.3 is 0 Å². The lowest BCUT2D eigenvalue weighted by Gasteiger charge is -2.33. The van der Waals surface area contributed by atoms with Crippen LogP contribution in [0.15, 0.2) is 27.4 Å². The summed E-state index contributed by atoms with van der Waals surface area (Å²) < 4.78 is 27.3. The Morgan fingerprint density at radius 1 is 1.22 bits per heavy atom. The van der Waals surface area contributed by atoms with Crippen molar-refractivity contribution in [1.82, 2.24) is 19.2 Å². The van der Waals surface area contributed by atoms with E-state index in [1.54, 1.807) is 11.0 Å². The first-order valence-electron chi connectivity index (χ1n) is 8.24. The normalized spacial score (nSPS) is 15.9. The van der Waals surface area contributed by atoms with Gasteiger partial charge in [0.25, 0.3) is 10.0 Å². The van der Waals surface area contributed by atoms with Crippen molar-refractivity contribution in [2.75, 3.05) is 31.9 Å². The molecular formula is C16H19ClN4O3S3. The fourth-order valence-corrected chi connectivity index (χ4v) is 6.69. The van der Waals surface area contributed by atoms with E-state index in [1.165, 1.54) is 22.1 Å². The van der Waals surface area contributed by atoms with Crippen LogP contribution >= 0.6 is 34.7 Å². The van der Waals surface area contributed by atoms with Crippen molar-refractivity contribution in [2.45, 2.75) is 23.1 Å². The van der Waals surface area contributed by atoms with Gasteiger partial charge in [-0.25, -0.2) is 18.4 Å². The van der Waals surface area contributed by atoms with E-state index >= 15 is 0 Å². The molecule has 0 spiro atoms. The summed E-state index contributed by atoms with van der Waals surface area (Å²) in [5, 5.41) is 0.768. The number of halogens is 1. The lowest BCUT2D eigenvalue weighted by molar-refractivity contribution is -0.129. The maximum atomic E-state index is 12.6. The molecule has 0 atom stereocenters. The summed E-state index contributed by atoms with van der Waals surface area (Å²) in [6, 6.07) is 4.94. The monoisotopic (exact) mass is 446 g/mol. The summed E-state index contributed by atoms with van der Waals surface area (Å²) in [5.41, 5.74) is 0.866. The van der Waals surface area contributed by atoms with Crippen LogP contribution in [0.4, 0.5) is 0 Å². The third-order valence-electron chi connectivity index (χ3n) is 4.02. The highest BCUT2D eigenvalue weighted by Crippen LogP contribution is 2.28. The Morgan fingerprint density at radius 3 is 2.52 bits per heavy atom. The molecule has 146 valence electrons. The Hall–Kier alpha value is -1.20. The Balaban J connectivity index is 1.54. The van der Waals surface area contributed by atoms with Crippen molar-refractivity contribution in [3.63, 3.8) is 0 Å². The predicted molar refractivity (Wildman–Crippen MR) is 107 cm³/mol. The van der Waals surface area contributed by atoms with Gasteiger partial charge in [-0.3, -0.25) is 4.79 Å². The minimum Gasteiger partial charge on any atom is -0.339 e. The van der Waals surface area contributed by atoms with E-state index in [4.69, 9.17) is 11.6 Å². The Labute approximate surface area is 171 Å². The van der Waals surface area contributed by atoms with Crippen molar-refractivity contribution in [2.24, 2.45) is 0 Å². The second kappa shape index (κ2) is 8.44. The number of thiophene rings is 1. The van der Waals surface area contributed by atoms with Crippen molar-refractivity contribution >= 4 is 50.6 Å². The number of piperazine rings is 1. The van der Waals surface area contributed by atoms with Gasteiger partial charge in [0.15, 0.2) is 0 Å². The van der Waals surface area contributed by atoms with Crippen LogP contribution in [0.5, 0.6) is 0 Å². The highest BCUT2D eigenvalue weighted by atomic mass is 35.5. The zero-order valence-electron chi connectivity index (χ0n) is 14.9. The van der Waals surface area contributed by atoms with E-state index in [0.717, 1.165) is 22.1 Å². The van der Waals surface area contributed by atoms with Crippen molar-refractivity contribution in [3.05, 3.63) is 34.1 Å². The number of carbonyl (C=O) groups is 1. The van der Waals surface area contributed by atoms with Gasteiger partial charge in [-0.15, -0.1) is 11.3 Å². The molecule has 1 amide bonds. The molecule has 0 aromatic carbocycles. The number of nitrogens with zero attached hydrogens (tertiary/aromatic N) is 4. The maximum Gasteiger partial charge on any atom is 0.252 e. The van der Waals surface area contributed by atoms with Gasteiger partial charge in [0.1, 0.15) is 15.1 Å². The molecule has 0 radical (unpaired) electrons. The summed E-state index contributed by atoms with van der Waals surface area (Å²) in [5.74, 6) is 0.922. The topological polar surface area (TPSA) is 83.5 Å². The van der Waals surface area contributed by atoms with Crippen LogP contribution in [0, 0.1) is 13.8 Å². The molecule has 0 N–H and O–H groups in total. The number of carbonyl (C=O) groups excluding carboxylic acids is 1. The van der Waals surface area contributed by atoms with Crippen molar-refractivity contribution in [1.29, 1.82) is 0 Å². The van der Waals surface area contributed by atoms with Crippen LogP contribution in [-0.2, 0) is 14.8 Å². The Bertz CT molecular complexity index is 920. The molecule has 3 heterocycles. The van der Waals surface area contributed by atoms with Gasteiger partial charge < -0.3 is 4.90 Å². The van der Waals surface area contributed by atoms with Crippen LogP contribution in [0.25, 0.3) is 0 Å². The molecule has 1 aliphatic heterocycles. The lowest BCUT2D eigenvalue weighted by Crippen LogP contribution is -2.50. The second-order valence-electron chi connectivity index (χ2n) is 6.03. The van der Waals surface area contributed by atoms with Crippen LogP contribution < -0.4 is 0 Å². The molecule has 2 aromatic heterocycles. The zero-order valence-corrected chi connectivity index (χ0v) is 18.1. The molecule has 1 saturated heterocycles. The van der Waals surface area contributed by atoms with E-state index < -0.39 is 10.0 Å². The molecule has 2 aromatic rings. The first-order valence-corrected chi connectivity index (χ1v) is 11.9. The molecule has 3 rings (SSSR count). The SMILES string of the molecule is Cc1cc(SCC(=O)N2CCN(S(=O)(=O)c3ccc(Cl)s3)CC2)nc(C)n1. The Kier molecular flexibility index (Phi) is 6.42. The quantitative estimate of drug-likeness (QED) is 0.518. The van der Waals surface area contributed by atoms with E-state index in [1.807, 2.05) is 19.9 Å². The fourth-order valence-electron chi connectivity index (χ4n) is 2.73. The highest BCUT2D eigenvalue weighted by molar-refractivity contribution is 7.99. The first-order chi connectivity index (χ1) is 12.8. The number of rotatable bonds is 5. The number of amides is 1. The number of sulfonamides is 1. The zero-order chi connectivity index (χ0) is 19.6. The van der Waals surface area contributed by atoms with Crippen LogP contribution in [-0.4, -0.2) is 65.4 Å². The van der Waals surface area contributed by atoms with Gasteiger partial charge in [-0.2, -0.15) is 4.31 Å². The average Bonchev–Trinajstić information content (AvgIpc) is 3.06. The second-order valence-corrected chi connectivity index (χ2v) is 10.9. The van der Waals surface area contributed by atoms with E-state index in [-0.39, 0.29) is 29.0 Å². The predicted octanol–water partition coefficient (Wildman–Crippen LogP) is 2.43. The number of aryl methyl sites for hydroxylation is 2. The molecule has 7 nitrogen and oxygen atoms in total.